The minimum atomic E-state index is -5.38. The normalized spacial score (nSPS) is 21.5. The monoisotopic (exact) mass is 1010 g/mol. The molecule has 0 aromatic heterocycles. The number of phosphoric ester groups is 2. The van der Waals surface area contributed by atoms with Gasteiger partial charge in [0.2, 0.25) is 0 Å². The molecule has 0 aromatic carbocycles. The Labute approximate surface area is 405 Å². The lowest BCUT2D eigenvalue weighted by Gasteiger charge is -2.43. The van der Waals surface area contributed by atoms with Crippen LogP contribution >= 0.6 is 15.6 Å². The number of allylic oxidation sites excluding steroid dienone is 8. The number of esters is 2. The molecule has 0 aliphatic heterocycles. The third-order valence-electron chi connectivity index (χ3n) is 11.4. The number of carbonyl (C=O) groups excluding carboxylic acids is 3. The van der Waals surface area contributed by atoms with E-state index < -0.39 is 83.5 Å². The zero-order chi connectivity index (χ0) is 50.5. The van der Waals surface area contributed by atoms with Crippen LogP contribution < -0.4 is 0 Å². The van der Waals surface area contributed by atoms with Gasteiger partial charge >= 0.3 is 27.6 Å². The maximum absolute atomic E-state index is 13.0. The van der Waals surface area contributed by atoms with E-state index in [1.807, 2.05) is 36.5 Å². The number of carbonyl (C=O) groups is 3. The van der Waals surface area contributed by atoms with Gasteiger partial charge in [-0.15, -0.1) is 0 Å². The molecule has 8 atom stereocenters. The molecule has 0 spiro atoms. The molecule has 68 heavy (non-hydrogen) atoms. The number of phosphoric acid groups is 2. The van der Waals surface area contributed by atoms with Crippen LogP contribution in [0.15, 0.2) is 48.6 Å². The summed E-state index contributed by atoms with van der Waals surface area (Å²) in [6, 6.07) is 0. The van der Waals surface area contributed by atoms with E-state index in [1.54, 1.807) is 12.2 Å². The number of aliphatic hydroxyl groups excluding tert-OH is 4. The van der Waals surface area contributed by atoms with Crippen LogP contribution in [0, 0.1) is 0 Å². The molecule has 7 N–H and O–H groups in total. The highest BCUT2D eigenvalue weighted by molar-refractivity contribution is 7.47. The van der Waals surface area contributed by atoms with Crippen LogP contribution in [0.2, 0.25) is 0 Å². The molecule has 0 radical (unpaired) electrons. The van der Waals surface area contributed by atoms with E-state index in [2.05, 4.69) is 18.4 Å². The third-order valence-corrected chi connectivity index (χ3v) is 12.9. The summed E-state index contributed by atoms with van der Waals surface area (Å²) < 4.78 is 49.3. The number of unbranched alkanes of at least 4 members (excludes halogenated alkanes) is 19. The van der Waals surface area contributed by atoms with Crippen molar-refractivity contribution in [1.29, 1.82) is 0 Å². The Kier molecular flexibility index (Phi) is 36.8. The third kappa shape index (κ3) is 33.3. The van der Waals surface area contributed by atoms with Crippen LogP contribution in [-0.4, -0.2) is 109 Å². The molecule has 17 nitrogen and oxygen atoms in total. The average Bonchev–Trinajstić information content (AvgIpc) is 3.29. The number of rotatable bonds is 42. The van der Waals surface area contributed by atoms with Gasteiger partial charge in [-0.3, -0.25) is 28.0 Å². The molecule has 0 saturated heterocycles. The minimum Gasteiger partial charge on any atom is -0.462 e. The lowest BCUT2D eigenvalue weighted by molar-refractivity contribution is -0.216. The van der Waals surface area contributed by atoms with E-state index in [0.717, 1.165) is 44.9 Å². The largest absolute Gasteiger partial charge is 0.472 e. The summed E-state index contributed by atoms with van der Waals surface area (Å²) in [4.78, 5) is 66.1. The summed E-state index contributed by atoms with van der Waals surface area (Å²) >= 11 is 0. The fourth-order valence-electron chi connectivity index (χ4n) is 7.44. The molecule has 1 saturated carbocycles. The summed E-state index contributed by atoms with van der Waals surface area (Å²) in [5.74, 6) is -1.18. The van der Waals surface area contributed by atoms with E-state index in [9.17, 15) is 58.6 Å². The van der Waals surface area contributed by atoms with E-state index >= 15 is 0 Å². The standard InChI is InChI=1S/C49H86O17P2/c1-3-5-7-8-9-10-11-12-13-14-15-16-19-22-25-28-32-36-42(51)62-38-41(39-63-68(60,61)66-49-46(55)44(53)45(54)48(47(49)56)65-67(57,58)59)64-43(52)37-33-29-26-23-20-17-18-21-24-27-31-35-40(50)34-30-6-4-2/h17-18,23-24,26-27,31,35,41,44-49,53-56H,3-16,19-22,25,28-30,32-34,36-39H2,1-2H3,(H,60,61)(H2,57,58,59)/b18-17-,26-23-,27-24-,35-31+/t41-,44?,45?,46?,47?,48-,49+/m1/s1. The SMILES string of the molecule is CCCCCCCCCCCCCCCCCCCC(=O)OC[C@H](COP(=O)(O)O[C@H]1C(O)C(O)C(O)[C@@H](OP(=O)(O)O)C1O)OC(=O)CCC/C=C\C/C=C\C/C=C\C=C\C(=O)CCCCC. The second-order valence-corrected chi connectivity index (χ2v) is 20.2. The Morgan fingerprint density at radius 1 is 0.515 bits per heavy atom. The predicted molar refractivity (Wildman–Crippen MR) is 260 cm³/mol. The lowest BCUT2D eigenvalue weighted by Crippen LogP contribution is -2.64. The van der Waals surface area contributed by atoms with Crippen molar-refractivity contribution in [2.45, 2.75) is 230 Å². The van der Waals surface area contributed by atoms with Crippen LogP contribution in [0.1, 0.15) is 187 Å². The Balaban J connectivity index is 2.61. The summed E-state index contributed by atoms with van der Waals surface area (Å²) in [5, 5.41) is 41.3. The van der Waals surface area contributed by atoms with E-state index in [4.69, 9.17) is 18.5 Å². The minimum absolute atomic E-state index is 0.0573. The Morgan fingerprint density at radius 2 is 0.985 bits per heavy atom. The summed E-state index contributed by atoms with van der Waals surface area (Å²) in [6.45, 7) is 2.92. The molecular weight excluding hydrogens is 922 g/mol. The van der Waals surface area contributed by atoms with Crippen molar-refractivity contribution >= 4 is 33.4 Å². The van der Waals surface area contributed by atoms with Crippen molar-refractivity contribution in [3.8, 4) is 0 Å². The predicted octanol–water partition coefficient (Wildman–Crippen LogP) is 9.25. The highest BCUT2D eigenvalue weighted by atomic mass is 31.2. The first-order valence-electron chi connectivity index (χ1n) is 25.1. The molecule has 1 aliphatic carbocycles. The number of hydrogen-bond acceptors (Lipinski definition) is 14. The summed E-state index contributed by atoms with van der Waals surface area (Å²) in [5.41, 5.74) is 0. The quantitative estimate of drug-likeness (QED) is 0.00749. The van der Waals surface area contributed by atoms with Crippen molar-refractivity contribution in [2.75, 3.05) is 13.2 Å². The van der Waals surface area contributed by atoms with Gasteiger partial charge in [0.1, 0.15) is 43.2 Å². The number of hydrogen-bond donors (Lipinski definition) is 7. The molecule has 0 bridgehead atoms. The topological polar surface area (TPSA) is 273 Å². The van der Waals surface area contributed by atoms with E-state index in [-0.39, 0.29) is 18.6 Å². The maximum atomic E-state index is 13.0. The first kappa shape index (κ1) is 63.6. The van der Waals surface area contributed by atoms with Crippen LogP contribution in [-0.2, 0) is 46.6 Å². The molecule has 1 rings (SSSR count). The van der Waals surface area contributed by atoms with Gasteiger partial charge < -0.3 is 44.6 Å². The molecule has 5 unspecified atom stereocenters. The van der Waals surface area contributed by atoms with Crippen LogP contribution in [0.3, 0.4) is 0 Å². The Bertz CT molecular complexity index is 1560. The van der Waals surface area contributed by atoms with Crippen LogP contribution in [0.4, 0.5) is 0 Å². The fraction of sp³-hybridized carbons (Fsp3) is 0.776. The van der Waals surface area contributed by atoms with Gasteiger partial charge in [0, 0.05) is 19.3 Å². The van der Waals surface area contributed by atoms with Crippen molar-refractivity contribution in [1.82, 2.24) is 0 Å². The molecule has 1 aliphatic rings. The summed E-state index contributed by atoms with van der Waals surface area (Å²) in [6.07, 6.45) is 26.2. The fourth-order valence-corrected chi connectivity index (χ4v) is 8.98. The van der Waals surface area contributed by atoms with Crippen molar-refractivity contribution in [3.63, 3.8) is 0 Å². The van der Waals surface area contributed by atoms with Gasteiger partial charge in [-0.1, -0.05) is 172 Å². The Hall–Kier alpha value is -2.37. The molecule has 394 valence electrons. The second kappa shape index (κ2) is 39.3. The first-order chi connectivity index (χ1) is 32.5. The van der Waals surface area contributed by atoms with Crippen molar-refractivity contribution < 1.29 is 81.7 Å². The Morgan fingerprint density at radius 3 is 1.54 bits per heavy atom. The first-order valence-corrected chi connectivity index (χ1v) is 28.2. The molecular formula is C49H86O17P2. The maximum Gasteiger partial charge on any atom is 0.472 e. The van der Waals surface area contributed by atoms with E-state index in [1.165, 1.54) is 77.0 Å². The summed E-state index contributed by atoms with van der Waals surface area (Å²) in [7, 11) is -10.7. The zero-order valence-electron chi connectivity index (χ0n) is 40.8. The van der Waals surface area contributed by atoms with Gasteiger partial charge in [-0.05, 0) is 44.6 Å². The zero-order valence-corrected chi connectivity index (χ0v) is 42.6. The van der Waals surface area contributed by atoms with Gasteiger partial charge in [0.05, 0.1) is 6.61 Å². The van der Waals surface area contributed by atoms with Gasteiger partial charge in [-0.25, -0.2) is 9.13 Å². The average molecular weight is 1010 g/mol. The number of ether oxygens (including phenoxy) is 2. The molecule has 0 aromatic rings. The van der Waals surface area contributed by atoms with Crippen molar-refractivity contribution in [3.05, 3.63) is 48.6 Å². The van der Waals surface area contributed by atoms with Crippen LogP contribution in [0.25, 0.3) is 0 Å². The van der Waals surface area contributed by atoms with Crippen molar-refractivity contribution in [2.24, 2.45) is 0 Å². The van der Waals surface area contributed by atoms with Crippen LogP contribution in [0.5, 0.6) is 0 Å². The molecule has 1 fully saturated rings. The molecule has 0 heterocycles. The molecule has 0 amide bonds. The highest BCUT2D eigenvalue weighted by Crippen LogP contribution is 2.49. The van der Waals surface area contributed by atoms with Gasteiger partial charge in [-0.2, -0.15) is 0 Å². The number of ketones is 1. The highest BCUT2D eigenvalue weighted by Gasteiger charge is 2.54. The second-order valence-electron chi connectivity index (χ2n) is 17.6. The van der Waals surface area contributed by atoms with Gasteiger partial charge in [0.25, 0.3) is 0 Å². The lowest BCUT2D eigenvalue weighted by atomic mass is 9.85. The molecule has 19 heteroatoms. The van der Waals surface area contributed by atoms with E-state index in [0.29, 0.717) is 38.5 Å². The number of aliphatic hydroxyl groups is 4. The smallest absolute Gasteiger partial charge is 0.462 e. The van der Waals surface area contributed by atoms with Gasteiger partial charge in [0.15, 0.2) is 11.9 Å².